The number of nitrogens with zero attached hydrogens (tertiary/aromatic N) is 1. The van der Waals surface area contributed by atoms with Crippen LogP contribution >= 0.6 is 0 Å². The molecule has 0 bridgehead atoms. The summed E-state index contributed by atoms with van der Waals surface area (Å²) in [6.45, 7) is 5.37. The van der Waals surface area contributed by atoms with E-state index in [9.17, 15) is 9.18 Å². The lowest BCUT2D eigenvalue weighted by Gasteiger charge is -2.22. The van der Waals surface area contributed by atoms with Crippen molar-refractivity contribution in [1.29, 1.82) is 0 Å². The molecule has 0 aliphatic rings. The summed E-state index contributed by atoms with van der Waals surface area (Å²) in [5.74, 6) is 0.462. The highest BCUT2D eigenvalue weighted by atomic mass is 19.1. The van der Waals surface area contributed by atoms with Crippen LogP contribution in [0.2, 0.25) is 0 Å². The van der Waals surface area contributed by atoms with Crippen molar-refractivity contribution in [1.82, 2.24) is 10.1 Å². The summed E-state index contributed by atoms with van der Waals surface area (Å²) in [5.41, 5.74) is 0.636. The van der Waals surface area contributed by atoms with Crippen LogP contribution in [0.5, 0.6) is 0 Å². The Labute approximate surface area is 126 Å². The topological polar surface area (TPSA) is 70.9 Å². The first-order chi connectivity index (χ1) is 10.4. The van der Waals surface area contributed by atoms with Crippen molar-refractivity contribution in [2.24, 2.45) is 0 Å². The van der Waals surface area contributed by atoms with Crippen molar-refractivity contribution in [3.63, 3.8) is 0 Å². The van der Waals surface area contributed by atoms with E-state index < -0.39 is 5.41 Å². The van der Waals surface area contributed by atoms with E-state index in [0.29, 0.717) is 17.1 Å². The number of aromatic amines is 1. The molecule has 0 radical (unpaired) electrons. The fourth-order valence-electron chi connectivity index (χ4n) is 2.44. The maximum atomic E-state index is 13.3. The third kappa shape index (κ3) is 2.36. The van der Waals surface area contributed by atoms with Gasteiger partial charge in [-0.3, -0.25) is 4.79 Å². The van der Waals surface area contributed by atoms with Crippen LogP contribution in [0.4, 0.5) is 10.2 Å². The predicted octanol–water partition coefficient (Wildman–Crippen LogP) is 3.52. The Morgan fingerprint density at radius 3 is 2.82 bits per heavy atom. The van der Waals surface area contributed by atoms with E-state index in [2.05, 4.69) is 15.5 Å². The molecule has 0 spiro atoms. The molecule has 5 nitrogen and oxygen atoms in total. The van der Waals surface area contributed by atoms with Crippen LogP contribution in [-0.2, 0) is 10.2 Å². The Bertz CT molecular complexity index is 848. The number of amides is 1. The van der Waals surface area contributed by atoms with Gasteiger partial charge in [0.15, 0.2) is 5.82 Å². The molecule has 3 aromatic rings. The van der Waals surface area contributed by atoms with Gasteiger partial charge < -0.3 is 14.8 Å². The number of aromatic nitrogens is 2. The number of halogens is 1. The lowest BCUT2D eigenvalue weighted by atomic mass is 9.83. The Morgan fingerprint density at radius 1 is 1.36 bits per heavy atom. The van der Waals surface area contributed by atoms with Crippen LogP contribution in [0.1, 0.15) is 25.2 Å². The fourth-order valence-corrected chi connectivity index (χ4v) is 2.44. The third-order valence-electron chi connectivity index (χ3n) is 3.75. The summed E-state index contributed by atoms with van der Waals surface area (Å²) in [6, 6.07) is 6.12. The van der Waals surface area contributed by atoms with Gasteiger partial charge in [-0.15, -0.1) is 0 Å². The highest BCUT2D eigenvalue weighted by molar-refractivity contribution is 6.01. The lowest BCUT2D eigenvalue weighted by molar-refractivity contribution is -0.120. The second-order valence-electron chi connectivity index (χ2n) is 5.79. The van der Waals surface area contributed by atoms with Gasteiger partial charge in [-0.25, -0.2) is 4.39 Å². The van der Waals surface area contributed by atoms with E-state index in [4.69, 9.17) is 4.52 Å². The third-order valence-corrected chi connectivity index (χ3v) is 3.75. The van der Waals surface area contributed by atoms with E-state index in [1.54, 1.807) is 39.1 Å². The van der Waals surface area contributed by atoms with Gasteiger partial charge in [0, 0.05) is 23.2 Å². The standard InChI is InChI=1S/C16H16FN3O2/c1-9-6-14(20-22-9)19-15(21)16(2,3)12-8-18-13-7-10(17)4-5-11(12)13/h4-8,18H,1-3H3,(H,19,20,21). The minimum absolute atomic E-state index is 0.217. The summed E-state index contributed by atoms with van der Waals surface area (Å²) in [4.78, 5) is 15.6. The van der Waals surface area contributed by atoms with Gasteiger partial charge in [-0.05, 0) is 44.5 Å². The van der Waals surface area contributed by atoms with Crippen LogP contribution in [-0.4, -0.2) is 16.0 Å². The van der Waals surface area contributed by atoms with E-state index in [1.165, 1.54) is 12.1 Å². The molecule has 114 valence electrons. The zero-order valence-corrected chi connectivity index (χ0v) is 12.5. The molecule has 3 rings (SSSR count). The zero-order chi connectivity index (χ0) is 15.9. The molecular weight excluding hydrogens is 285 g/mol. The molecule has 0 fully saturated rings. The number of H-pyrrole nitrogens is 1. The van der Waals surface area contributed by atoms with Crippen LogP contribution in [0.3, 0.4) is 0 Å². The normalized spacial score (nSPS) is 11.8. The zero-order valence-electron chi connectivity index (χ0n) is 12.5. The van der Waals surface area contributed by atoms with Gasteiger partial charge in [0.1, 0.15) is 11.6 Å². The van der Waals surface area contributed by atoms with Gasteiger partial charge in [0.2, 0.25) is 5.91 Å². The van der Waals surface area contributed by atoms with E-state index in [-0.39, 0.29) is 11.7 Å². The second-order valence-corrected chi connectivity index (χ2v) is 5.79. The summed E-state index contributed by atoms with van der Waals surface area (Å²) in [6.07, 6.45) is 1.73. The Hall–Kier alpha value is -2.63. The number of fused-ring (bicyclic) bond motifs is 1. The number of carbonyl (C=O) groups is 1. The van der Waals surface area contributed by atoms with Gasteiger partial charge >= 0.3 is 0 Å². The van der Waals surface area contributed by atoms with Crippen LogP contribution in [0.15, 0.2) is 35.0 Å². The average Bonchev–Trinajstić information content (AvgIpc) is 3.04. The van der Waals surface area contributed by atoms with E-state index in [1.807, 2.05) is 0 Å². The Kier molecular flexibility index (Phi) is 3.24. The highest BCUT2D eigenvalue weighted by Gasteiger charge is 2.32. The molecule has 0 saturated heterocycles. The van der Waals surface area contributed by atoms with Crippen molar-refractivity contribution < 1.29 is 13.7 Å². The van der Waals surface area contributed by atoms with Crippen LogP contribution in [0, 0.1) is 12.7 Å². The van der Waals surface area contributed by atoms with E-state index >= 15 is 0 Å². The highest BCUT2D eigenvalue weighted by Crippen LogP contribution is 2.31. The summed E-state index contributed by atoms with van der Waals surface area (Å²) in [5, 5.41) is 7.31. The summed E-state index contributed by atoms with van der Waals surface area (Å²) in [7, 11) is 0. The molecule has 2 heterocycles. The maximum absolute atomic E-state index is 13.3. The van der Waals surface area contributed by atoms with Gasteiger partial charge in [0.25, 0.3) is 0 Å². The first-order valence-electron chi connectivity index (χ1n) is 6.90. The van der Waals surface area contributed by atoms with Crippen molar-refractivity contribution >= 4 is 22.6 Å². The molecule has 0 saturated carbocycles. The molecule has 6 heteroatoms. The summed E-state index contributed by atoms with van der Waals surface area (Å²) >= 11 is 0. The van der Waals surface area contributed by atoms with Crippen molar-refractivity contribution in [3.05, 3.63) is 47.6 Å². The smallest absolute Gasteiger partial charge is 0.235 e. The molecule has 2 aromatic heterocycles. The fraction of sp³-hybridized carbons (Fsp3) is 0.250. The molecule has 22 heavy (non-hydrogen) atoms. The monoisotopic (exact) mass is 301 g/mol. The molecule has 2 N–H and O–H groups in total. The number of nitrogens with one attached hydrogen (secondary N) is 2. The van der Waals surface area contributed by atoms with Gasteiger partial charge in [-0.1, -0.05) is 5.16 Å². The maximum Gasteiger partial charge on any atom is 0.235 e. The average molecular weight is 301 g/mol. The lowest BCUT2D eigenvalue weighted by Crippen LogP contribution is -2.34. The SMILES string of the molecule is Cc1cc(NC(=O)C(C)(C)c2c[nH]c3cc(F)ccc23)no1. The number of carbonyl (C=O) groups excluding carboxylic acids is 1. The first kappa shape index (κ1) is 14.3. The minimum Gasteiger partial charge on any atom is -0.361 e. The van der Waals surface area contributed by atoms with Crippen LogP contribution in [0.25, 0.3) is 10.9 Å². The number of aryl methyl sites for hydroxylation is 1. The molecule has 0 atom stereocenters. The number of hydrogen-bond acceptors (Lipinski definition) is 3. The van der Waals surface area contributed by atoms with Crippen molar-refractivity contribution in [2.75, 3.05) is 5.32 Å². The Morgan fingerprint density at radius 2 is 2.14 bits per heavy atom. The first-order valence-corrected chi connectivity index (χ1v) is 6.90. The molecule has 0 unspecified atom stereocenters. The predicted molar refractivity (Wildman–Crippen MR) is 81.2 cm³/mol. The van der Waals surface area contributed by atoms with Gasteiger partial charge in [0.05, 0.1) is 5.41 Å². The van der Waals surface area contributed by atoms with Crippen LogP contribution < -0.4 is 5.32 Å². The number of anilines is 1. The summed E-state index contributed by atoms with van der Waals surface area (Å²) < 4.78 is 18.2. The molecule has 1 aromatic carbocycles. The number of rotatable bonds is 3. The largest absolute Gasteiger partial charge is 0.361 e. The Balaban J connectivity index is 1.94. The number of hydrogen-bond donors (Lipinski definition) is 2. The van der Waals surface area contributed by atoms with Crippen molar-refractivity contribution in [3.8, 4) is 0 Å². The molecule has 0 aliphatic heterocycles. The number of benzene rings is 1. The molecule has 0 aliphatic carbocycles. The quantitative estimate of drug-likeness (QED) is 0.777. The second kappa shape index (κ2) is 4.98. The molecule has 1 amide bonds. The minimum atomic E-state index is -0.817. The van der Waals surface area contributed by atoms with Gasteiger partial charge in [-0.2, -0.15) is 0 Å². The van der Waals surface area contributed by atoms with E-state index in [0.717, 1.165) is 10.9 Å². The molecular formula is C16H16FN3O2. The van der Waals surface area contributed by atoms with Crippen molar-refractivity contribution in [2.45, 2.75) is 26.2 Å².